The zero-order chi connectivity index (χ0) is 37.5. The third-order valence-corrected chi connectivity index (χ3v) is 11.6. The van der Waals surface area contributed by atoms with Crippen LogP contribution in [0.1, 0.15) is 0 Å². The fraction of sp³-hybridized carbons (Fsp3) is 0. The lowest BCUT2D eigenvalue weighted by Crippen LogP contribution is -2.10. The minimum absolute atomic E-state index is 0.819. The van der Waals surface area contributed by atoms with Crippen LogP contribution in [0.15, 0.2) is 209 Å². The van der Waals surface area contributed by atoms with Gasteiger partial charge in [-0.15, -0.1) is 0 Å². The number of benzene rings is 10. The van der Waals surface area contributed by atoms with Crippen molar-refractivity contribution >= 4 is 93.3 Å². The summed E-state index contributed by atoms with van der Waals surface area (Å²) in [6, 6.07) is 71.5. The lowest BCUT2D eigenvalue weighted by molar-refractivity contribution is 0.663. The molecule has 0 saturated heterocycles. The Morgan fingerprint density at radius 2 is 0.772 bits per heavy atom. The summed E-state index contributed by atoms with van der Waals surface area (Å²) in [5.41, 5.74) is 11.0. The van der Waals surface area contributed by atoms with E-state index in [4.69, 9.17) is 8.83 Å². The summed E-state index contributed by atoms with van der Waals surface area (Å²) in [6.45, 7) is 0. The Morgan fingerprint density at radius 1 is 0.281 bits per heavy atom. The molecule has 0 aliphatic rings. The maximum absolute atomic E-state index is 7.01. The van der Waals surface area contributed by atoms with E-state index in [0.717, 1.165) is 72.1 Å². The fourth-order valence-electron chi connectivity index (χ4n) is 9.02. The monoisotopic (exact) mass is 727 g/mol. The van der Waals surface area contributed by atoms with Crippen molar-refractivity contribution < 1.29 is 8.83 Å². The highest BCUT2D eigenvalue weighted by molar-refractivity contribution is 6.28. The first-order valence-corrected chi connectivity index (χ1v) is 19.4. The maximum Gasteiger partial charge on any atom is 0.159 e. The number of nitrogens with zero attached hydrogens (tertiary/aromatic N) is 1. The van der Waals surface area contributed by atoms with Crippen molar-refractivity contribution in [1.29, 1.82) is 0 Å². The first-order valence-electron chi connectivity index (χ1n) is 19.4. The van der Waals surface area contributed by atoms with Gasteiger partial charge in [0.25, 0.3) is 0 Å². The van der Waals surface area contributed by atoms with E-state index < -0.39 is 0 Å². The summed E-state index contributed by atoms with van der Waals surface area (Å²) in [7, 11) is 0. The molecule has 10 aromatic carbocycles. The topological polar surface area (TPSA) is 29.5 Å². The number of anilines is 3. The van der Waals surface area contributed by atoms with E-state index in [1.165, 1.54) is 43.4 Å². The van der Waals surface area contributed by atoms with Gasteiger partial charge < -0.3 is 13.7 Å². The van der Waals surface area contributed by atoms with Crippen molar-refractivity contribution in [2.75, 3.05) is 4.90 Å². The summed E-state index contributed by atoms with van der Waals surface area (Å²) in [5.74, 6) is 0. The van der Waals surface area contributed by atoms with Gasteiger partial charge in [0.15, 0.2) is 5.58 Å². The molecule has 0 unspecified atom stereocenters. The van der Waals surface area contributed by atoms with Crippen LogP contribution < -0.4 is 4.90 Å². The molecule has 266 valence electrons. The van der Waals surface area contributed by atoms with E-state index in [2.05, 4.69) is 187 Å². The smallest absolute Gasteiger partial charge is 0.159 e. The van der Waals surface area contributed by atoms with Gasteiger partial charge in [-0.2, -0.15) is 0 Å². The van der Waals surface area contributed by atoms with Gasteiger partial charge in [0.2, 0.25) is 0 Å². The van der Waals surface area contributed by atoms with E-state index in [1.807, 2.05) is 18.2 Å². The van der Waals surface area contributed by atoms with Crippen LogP contribution in [0.5, 0.6) is 0 Å². The average molecular weight is 728 g/mol. The van der Waals surface area contributed by atoms with Crippen LogP contribution in [-0.4, -0.2) is 0 Å². The van der Waals surface area contributed by atoms with Crippen LogP contribution in [0.25, 0.3) is 98.4 Å². The van der Waals surface area contributed by atoms with Crippen molar-refractivity contribution in [3.8, 4) is 22.3 Å². The van der Waals surface area contributed by atoms with E-state index >= 15 is 0 Å². The minimum atomic E-state index is 0.819. The van der Waals surface area contributed by atoms with Crippen molar-refractivity contribution in [3.63, 3.8) is 0 Å². The van der Waals surface area contributed by atoms with Crippen molar-refractivity contribution in [2.24, 2.45) is 0 Å². The first-order chi connectivity index (χ1) is 28.3. The molecule has 0 radical (unpaired) electrons. The summed E-state index contributed by atoms with van der Waals surface area (Å²) in [5, 5.41) is 11.8. The molecule has 0 fully saturated rings. The lowest BCUT2D eigenvalue weighted by Gasteiger charge is -2.26. The number of hydrogen-bond donors (Lipinski definition) is 0. The van der Waals surface area contributed by atoms with Gasteiger partial charge in [-0.25, -0.2) is 0 Å². The SMILES string of the molecule is c1ccc(-c2ccc(N(c3ccccc3)c3cc(-c4ccc5c6ccccc6c6ccccc6c5c4)cc4c3oc3ccc5oc6ccccc6c5c34)cc2)cc1. The molecule has 0 bridgehead atoms. The standard InChI is InChI=1S/C54H33NO2/c1-3-13-34(14-4-1)35-23-26-39(27-24-35)55(38-15-5-2-6-16-38)48-33-37(32-47-53-51(57-54(47)48)30-29-50-52(53)45-21-11-12-22-49(45)56-50)36-25-28-44-42-19-8-7-17-40(42)41-18-9-10-20-43(41)46(44)31-36/h1-33H. The highest BCUT2D eigenvalue weighted by Crippen LogP contribution is 2.48. The van der Waals surface area contributed by atoms with Crippen LogP contribution in [0, 0.1) is 0 Å². The van der Waals surface area contributed by atoms with Gasteiger partial charge in [-0.1, -0.05) is 140 Å². The Morgan fingerprint density at radius 3 is 1.47 bits per heavy atom. The van der Waals surface area contributed by atoms with Crippen LogP contribution >= 0.6 is 0 Å². The molecule has 0 atom stereocenters. The molecule has 3 nitrogen and oxygen atoms in total. The Balaban J connectivity index is 1.17. The van der Waals surface area contributed by atoms with Gasteiger partial charge in [-0.3, -0.25) is 0 Å². The van der Waals surface area contributed by atoms with Gasteiger partial charge in [-0.05, 0) is 115 Å². The molecule has 0 saturated carbocycles. The first kappa shape index (κ1) is 31.7. The molecule has 0 aliphatic carbocycles. The average Bonchev–Trinajstić information content (AvgIpc) is 3.86. The molecule has 3 heteroatoms. The van der Waals surface area contributed by atoms with Crippen molar-refractivity contribution in [2.45, 2.75) is 0 Å². The highest BCUT2D eigenvalue weighted by Gasteiger charge is 2.24. The lowest BCUT2D eigenvalue weighted by atomic mass is 9.91. The molecule has 12 rings (SSSR count). The van der Waals surface area contributed by atoms with Gasteiger partial charge in [0.05, 0.1) is 5.69 Å². The van der Waals surface area contributed by atoms with E-state index in [9.17, 15) is 0 Å². The third kappa shape index (κ3) is 4.92. The van der Waals surface area contributed by atoms with Crippen LogP contribution in [0.4, 0.5) is 17.1 Å². The summed E-state index contributed by atoms with van der Waals surface area (Å²) < 4.78 is 13.4. The molecule has 2 aromatic heterocycles. The Hall–Kier alpha value is -7.62. The molecule has 57 heavy (non-hydrogen) atoms. The van der Waals surface area contributed by atoms with Crippen LogP contribution in [0.3, 0.4) is 0 Å². The van der Waals surface area contributed by atoms with E-state index in [1.54, 1.807) is 0 Å². The molecule has 0 N–H and O–H groups in total. The van der Waals surface area contributed by atoms with Crippen LogP contribution in [0.2, 0.25) is 0 Å². The normalized spacial score (nSPS) is 11.9. The highest BCUT2D eigenvalue weighted by atomic mass is 16.3. The zero-order valence-electron chi connectivity index (χ0n) is 30.8. The predicted octanol–water partition coefficient (Wildman–Crippen LogP) is 15.7. The van der Waals surface area contributed by atoms with Crippen molar-refractivity contribution in [1.82, 2.24) is 0 Å². The Labute approximate surface area is 328 Å². The van der Waals surface area contributed by atoms with Crippen LogP contribution in [-0.2, 0) is 0 Å². The van der Waals surface area contributed by atoms with E-state index in [0.29, 0.717) is 0 Å². The van der Waals surface area contributed by atoms with Gasteiger partial charge in [0, 0.05) is 32.9 Å². The van der Waals surface area contributed by atoms with Gasteiger partial charge in [0.1, 0.15) is 16.7 Å². The summed E-state index contributed by atoms with van der Waals surface area (Å²) >= 11 is 0. The molecule has 12 aromatic rings. The third-order valence-electron chi connectivity index (χ3n) is 11.6. The molecule has 0 amide bonds. The number of fused-ring (bicyclic) bond motifs is 13. The number of furan rings is 2. The van der Waals surface area contributed by atoms with Crippen molar-refractivity contribution in [3.05, 3.63) is 200 Å². The largest absolute Gasteiger partial charge is 0.456 e. The molecular weight excluding hydrogens is 695 g/mol. The quantitative estimate of drug-likeness (QED) is 0.165. The Kier molecular flexibility index (Phi) is 6.93. The number of hydrogen-bond acceptors (Lipinski definition) is 3. The molecule has 2 heterocycles. The second-order valence-corrected chi connectivity index (χ2v) is 14.8. The molecule has 0 spiro atoms. The predicted molar refractivity (Wildman–Crippen MR) is 239 cm³/mol. The molecular formula is C54H33NO2. The second kappa shape index (κ2) is 12.5. The Bertz CT molecular complexity index is 3470. The van der Waals surface area contributed by atoms with E-state index in [-0.39, 0.29) is 0 Å². The molecule has 0 aliphatic heterocycles. The van der Waals surface area contributed by atoms with Gasteiger partial charge >= 0.3 is 0 Å². The fourth-order valence-corrected chi connectivity index (χ4v) is 9.02. The second-order valence-electron chi connectivity index (χ2n) is 14.8. The minimum Gasteiger partial charge on any atom is -0.456 e. The zero-order valence-corrected chi connectivity index (χ0v) is 30.8. The maximum atomic E-state index is 7.01. The summed E-state index contributed by atoms with van der Waals surface area (Å²) in [4.78, 5) is 2.33. The number of para-hydroxylation sites is 2. The number of rotatable bonds is 5. The summed E-state index contributed by atoms with van der Waals surface area (Å²) in [6.07, 6.45) is 0.